The molecule has 6 rings (SSSR count). The molecule has 12 heteroatoms. The molecule has 1 saturated heterocycles. The number of phenolic OH excluding ortho intramolecular Hbond substituents is 1. The number of piperidine rings is 1. The minimum Gasteiger partial charge on any atom is -0.508 e. The van der Waals surface area contributed by atoms with Gasteiger partial charge in [0, 0.05) is 34.9 Å². The largest absolute Gasteiger partial charge is 0.508 e. The van der Waals surface area contributed by atoms with Crippen molar-refractivity contribution in [1.29, 1.82) is 0 Å². The molecule has 38 heavy (non-hydrogen) atoms. The third-order valence-corrected chi connectivity index (χ3v) is 9.38. The standard InChI is InChI=1S/C26H23ClN6O3S2/c27-18-7-9-20(10-8-18)38(35,36)33-13-2-1-6-22(33)30-25-28-12-11-21(29-25)24-23(17-4-3-5-19(34)16-17)31-26-32(24)14-15-37-26/h3-5,7-12,14-16,22,34H,1-2,6,13H2,(H,28,29,30). The fourth-order valence-corrected chi connectivity index (χ4v) is 7.13. The topological polar surface area (TPSA) is 113 Å². The molecule has 3 aromatic heterocycles. The van der Waals surface area contributed by atoms with Gasteiger partial charge in [-0.05, 0) is 61.7 Å². The summed E-state index contributed by atoms with van der Waals surface area (Å²) in [4.78, 5) is 14.9. The van der Waals surface area contributed by atoms with Gasteiger partial charge in [0.25, 0.3) is 0 Å². The van der Waals surface area contributed by atoms with Crippen molar-refractivity contribution in [3.05, 3.63) is 77.4 Å². The number of nitrogens with one attached hydrogen (secondary N) is 1. The van der Waals surface area contributed by atoms with Gasteiger partial charge >= 0.3 is 0 Å². The van der Waals surface area contributed by atoms with Gasteiger partial charge in [-0.3, -0.25) is 4.40 Å². The molecule has 1 aliphatic heterocycles. The van der Waals surface area contributed by atoms with E-state index in [1.165, 1.54) is 27.8 Å². The van der Waals surface area contributed by atoms with Crippen LogP contribution in [0.15, 0.2) is 77.3 Å². The first kappa shape index (κ1) is 24.8. The summed E-state index contributed by atoms with van der Waals surface area (Å²) < 4.78 is 30.4. The van der Waals surface area contributed by atoms with E-state index < -0.39 is 16.2 Å². The van der Waals surface area contributed by atoms with Gasteiger partial charge in [-0.25, -0.2) is 23.4 Å². The smallest absolute Gasteiger partial charge is 0.244 e. The van der Waals surface area contributed by atoms with Gasteiger partial charge in [0.05, 0.1) is 22.4 Å². The summed E-state index contributed by atoms with van der Waals surface area (Å²) in [6.07, 6.45) is 5.33. The Balaban J connectivity index is 1.35. The van der Waals surface area contributed by atoms with E-state index in [0.29, 0.717) is 35.3 Å². The van der Waals surface area contributed by atoms with E-state index in [1.807, 2.05) is 22.0 Å². The molecule has 4 heterocycles. The summed E-state index contributed by atoms with van der Waals surface area (Å²) in [6.45, 7) is 0.391. The number of halogens is 1. The van der Waals surface area contributed by atoms with Gasteiger partial charge in [0.1, 0.15) is 11.4 Å². The lowest BCUT2D eigenvalue weighted by Crippen LogP contribution is -2.48. The monoisotopic (exact) mass is 566 g/mol. The first-order chi connectivity index (χ1) is 18.4. The van der Waals surface area contributed by atoms with Crippen LogP contribution in [0.25, 0.3) is 27.6 Å². The molecule has 1 aliphatic rings. The number of aromatic nitrogens is 4. The van der Waals surface area contributed by atoms with Crippen LogP contribution in [0, 0.1) is 0 Å². The lowest BCUT2D eigenvalue weighted by molar-refractivity contribution is 0.274. The predicted octanol–water partition coefficient (Wildman–Crippen LogP) is 5.49. The Hall–Kier alpha value is -3.51. The maximum absolute atomic E-state index is 13.5. The zero-order valence-electron chi connectivity index (χ0n) is 20.0. The Labute approximate surface area is 228 Å². The van der Waals surface area contributed by atoms with Gasteiger partial charge in [-0.15, -0.1) is 11.3 Å². The van der Waals surface area contributed by atoms with Crippen molar-refractivity contribution in [2.24, 2.45) is 0 Å². The minimum absolute atomic E-state index is 0.147. The minimum atomic E-state index is -3.75. The maximum Gasteiger partial charge on any atom is 0.244 e. The van der Waals surface area contributed by atoms with Crippen LogP contribution in [0.1, 0.15) is 19.3 Å². The van der Waals surface area contributed by atoms with Crippen LogP contribution in [0.4, 0.5) is 5.95 Å². The number of fused-ring (bicyclic) bond motifs is 1. The summed E-state index contributed by atoms with van der Waals surface area (Å²) in [7, 11) is -3.75. The van der Waals surface area contributed by atoms with E-state index in [9.17, 15) is 13.5 Å². The highest BCUT2D eigenvalue weighted by molar-refractivity contribution is 7.89. The van der Waals surface area contributed by atoms with Crippen LogP contribution in [0.5, 0.6) is 5.75 Å². The van der Waals surface area contributed by atoms with E-state index in [4.69, 9.17) is 21.6 Å². The number of phenols is 1. The number of rotatable bonds is 6. The van der Waals surface area contributed by atoms with Crippen molar-refractivity contribution in [3.8, 4) is 28.4 Å². The van der Waals surface area contributed by atoms with Crippen molar-refractivity contribution >= 4 is 43.9 Å². The zero-order valence-corrected chi connectivity index (χ0v) is 22.4. The van der Waals surface area contributed by atoms with Gasteiger partial charge < -0.3 is 10.4 Å². The highest BCUT2D eigenvalue weighted by Gasteiger charge is 2.34. The number of sulfonamides is 1. The molecule has 1 unspecified atom stereocenters. The van der Waals surface area contributed by atoms with Crippen LogP contribution in [0.2, 0.25) is 5.02 Å². The Morgan fingerprint density at radius 3 is 2.74 bits per heavy atom. The van der Waals surface area contributed by atoms with Crippen molar-refractivity contribution in [2.45, 2.75) is 30.3 Å². The molecule has 0 spiro atoms. The molecule has 0 bridgehead atoms. The molecule has 0 saturated carbocycles. The van der Waals surface area contributed by atoms with Crippen LogP contribution < -0.4 is 5.32 Å². The van der Waals surface area contributed by atoms with Crippen LogP contribution in [0.3, 0.4) is 0 Å². The Bertz CT molecular complexity index is 1720. The van der Waals surface area contributed by atoms with Crippen LogP contribution in [-0.4, -0.2) is 49.9 Å². The summed E-state index contributed by atoms with van der Waals surface area (Å²) in [5.41, 5.74) is 2.82. The lowest BCUT2D eigenvalue weighted by Gasteiger charge is -2.35. The number of thiazole rings is 1. The van der Waals surface area contributed by atoms with E-state index >= 15 is 0 Å². The van der Waals surface area contributed by atoms with Gasteiger partial charge in [0.15, 0.2) is 4.96 Å². The Morgan fingerprint density at radius 2 is 1.92 bits per heavy atom. The molecule has 5 aromatic rings. The first-order valence-electron chi connectivity index (χ1n) is 12.0. The summed E-state index contributed by atoms with van der Waals surface area (Å²) in [5.74, 6) is 0.465. The zero-order chi connectivity index (χ0) is 26.3. The molecule has 0 amide bonds. The number of hydrogen-bond acceptors (Lipinski definition) is 8. The predicted molar refractivity (Wildman–Crippen MR) is 148 cm³/mol. The molecule has 0 aliphatic carbocycles. The van der Waals surface area contributed by atoms with E-state index in [0.717, 1.165) is 29.1 Å². The maximum atomic E-state index is 13.5. The number of nitrogens with zero attached hydrogens (tertiary/aromatic N) is 5. The highest BCUT2D eigenvalue weighted by atomic mass is 35.5. The molecule has 9 nitrogen and oxygen atoms in total. The quantitative estimate of drug-likeness (QED) is 0.279. The lowest BCUT2D eigenvalue weighted by atomic mass is 10.1. The van der Waals surface area contributed by atoms with Gasteiger partial charge in [0.2, 0.25) is 16.0 Å². The van der Waals surface area contributed by atoms with E-state index in [2.05, 4.69) is 10.3 Å². The van der Waals surface area contributed by atoms with E-state index in [-0.39, 0.29) is 10.6 Å². The molecule has 2 aromatic carbocycles. The number of aromatic hydroxyl groups is 1. The van der Waals surface area contributed by atoms with Crippen molar-refractivity contribution in [3.63, 3.8) is 0 Å². The molecule has 1 fully saturated rings. The SMILES string of the molecule is O=S(=O)(c1ccc(Cl)cc1)N1CCCCC1Nc1nccc(-c2c(-c3cccc(O)c3)nc3sccn23)n1. The average molecular weight is 567 g/mol. The normalized spacial score (nSPS) is 16.6. The molecule has 194 valence electrons. The van der Waals surface area contributed by atoms with Gasteiger partial charge in [-0.1, -0.05) is 23.7 Å². The number of imidazole rings is 1. The van der Waals surface area contributed by atoms with Crippen LogP contribution in [-0.2, 0) is 10.0 Å². The van der Waals surface area contributed by atoms with Crippen molar-refractivity contribution < 1.29 is 13.5 Å². The number of anilines is 1. The highest BCUT2D eigenvalue weighted by Crippen LogP contribution is 2.35. The summed E-state index contributed by atoms with van der Waals surface area (Å²) in [5, 5.41) is 15.7. The Kier molecular flexibility index (Phi) is 6.52. The third kappa shape index (κ3) is 4.62. The molecule has 1 atom stereocenters. The second-order valence-corrected chi connectivity index (χ2v) is 12.1. The molecule has 0 radical (unpaired) electrons. The fourth-order valence-electron chi connectivity index (χ4n) is 4.67. The summed E-state index contributed by atoms with van der Waals surface area (Å²) in [6, 6.07) is 14.9. The average Bonchev–Trinajstić information content (AvgIpc) is 3.51. The first-order valence-corrected chi connectivity index (χ1v) is 14.7. The van der Waals surface area contributed by atoms with Crippen LogP contribution >= 0.6 is 22.9 Å². The second kappa shape index (κ2) is 9.99. The van der Waals surface area contributed by atoms with Gasteiger partial charge in [-0.2, -0.15) is 4.31 Å². The number of benzene rings is 2. The molecular weight excluding hydrogens is 544 g/mol. The molecule has 2 N–H and O–H groups in total. The third-order valence-electron chi connectivity index (χ3n) is 6.45. The number of hydrogen-bond donors (Lipinski definition) is 2. The molecular formula is C26H23ClN6O3S2. The Morgan fingerprint density at radius 1 is 1.08 bits per heavy atom. The fraction of sp³-hybridized carbons (Fsp3) is 0.192. The second-order valence-electron chi connectivity index (χ2n) is 8.91. The van der Waals surface area contributed by atoms with Crippen molar-refractivity contribution in [1.82, 2.24) is 23.7 Å². The van der Waals surface area contributed by atoms with E-state index in [1.54, 1.807) is 42.6 Å². The van der Waals surface area contributed by atoms with Crippen molar-refractivity contribution in [2.75, 3.05) is 11.9 Å². The summed E-state index contributed by atoms with van der Waals surface area (Å²) >= 11 is 7.47.